The third kappa shape index (κ3) is 3.40. The highest BCUT2D eigenvalue weighted by Crippen LogP contribution is 2.26. The highest BCUT2D eigenvalue weighted by atomic mass is 35.5. The summed E-state index contributed by atoms with van der Waals surface area (Å²) in [5, 5.41) is 0.0351. The van der Waals surface area contributed by atoms with Gasteiger partial charge in [-0.3, -0.25) is 0 Å². The summed E-state index contributed by atoms with van der Waals surface area (Å²) >= 11 is 5.52. The highest BCUT2D eigenvalue weighted by Gasteiger charge is 2.17. The van der Waals surface area contributed by atoms with Gasteiger partial charge in [0.2, 0.25) is 0 Å². The van der Waals surface area contributed by atoms with E-state index in [0.29, 0.717) is 13.0 Å². The van der Waals surface area contributed by atoms with Crippen LogP contribution in [0.2, 0.25) is 5.02 Å². The molecule has 0 fully saturated rings. The van der Waals surface area contributed by atoms with E-state index in [0.717, 1.165) is 25.0 Å². The van der Waals surface area contributed by atoms with Gasteiger partial charge in [0.1, 0.15) is 11.6 Å². The second-order valence-corrected chi connectivity index (χ2v) is 4.11. The Kier molecular flexibility index (Phi) is 5.12. The lowest BCUT2D eigenvalue weighted by Gasteiger charge is -2.13. The molecule has 0 spiro atoms. The van der Waals surface area contributed by atoms with Gasteiger partial charge < -0.3 is 11.5 Å². The van der Waals surface area contributed by atoms with E-state index >= 15 is 0 Å². The molecule has 0 amide bonds. The summed E-state index contributed by atoms with van der Waals surface area (Å²) in [6.45, 7) is 0.554. The van der Waals surface area contributed by atoms with E-state index in [1.54, 1.807) is 0 Å². The molecule has 90 valence electrons. The lowest BCUT2D eigenvalue weighted by Crippen LogP contribution is -2.15. The van der Waals surface area contributed by atoms with Crippen molar-refractivity contribution in [3.63, 3.8) is 0 Å². The summed E-state index contributed by atoms with van der Waals surface area (Å²) < 4.78 is 26.9. The average Bonchev–Trinajstić information content (AvgIpc) is 2.16. The molecule has 0 saturated carbocycles. The van der Waals surface area contributed by atoms with Crippen LogP contribution in [0.1, 0.15) is 30.9 Å². The van der Waals surface area contributed by atoms with Crippen LogP contribution < -0.4 is 11.5 Å². The van der Waals surface area contributed by atoms with Crippen LogP contribution in [-0.2, 0) is 0 Å². The minimum absolute atomic E-state index is 0.0351. The van der Waals surface area contributed by atoms with Crippen LogP contribution in [0, 0.1) is 11.6 Å². The van der Waals surface area contributed by atoms with E-state index in [1.165, 1.54) is 0 Å². The van der Waals surface area contributed by atoms with Gasteiger partial charge in [0.05, 0.1) is 0 Å². The highest BCUT2D eigenvalue weighted by molar-refractivity contribution is 6.30. The van der Waals surface area contributed by atoms with Gasteiger partial charge in [-0.25, -0.2) is 8.78 Å². The minimum Gasteiger partial charge on any atom is -0.330 e. The predicted octanol–water partition coefficient (Wildman–Crippen LogP) is 2.75. The van der Waals surface area contributed by atoms with Gasteiger partial charge in [-0.1, -0.05) is 18.0 Å². The van der Waals surface area contributed by atoms with E-state index in [-0.39, 0.29) is 10.6 Å². The van der Waals surface area contributed by atoms with Crippen molar-refractivity contribution in [1.82, 2.24) is 0 Å². The largest absolute Gasteiger partial charge is 0.330 e. The quantitative estimate of drug-likeness (QED) is 0.788. The number of benzene rings is 1. The number of unbranched alkanes of at least 4 members (excludes halogenated alkanes) is 1. The summed E-state index contributed by atoms with van der Waals surface area (Å²) in [4.78, 5) is 0. The zero-order chi connectivity index (χ0) is 12.1. The van der Waals surface area contributed by atoms with Gasteiger partial charge in [-0.05, 0) is 31.5 Å². The summed E-state index contributed by atoms with van der Waals surface area (Å²) in [5.41, 5.74) is 11.0. The first-order valence-corrected chi connectivity index (χ1v) is 5.54. The van der Waals surface area contributed by atoms with Crippen molar-refractivity contribution in [3.05, 3.63) is 34.4 Å². The Labute approximate surface area is 98.6 Å². The zero-order valence-electron chi connectivity index (χ0n) is 8.85. The fraction of sp³-hybridized carbons (Fsp3) is 0.455. The van der Waals surface area contributed by atoms with E-state index in [9.17, 15) is 8.78 Å². The van der Waals surface area contributed by atoms with E-state index in [2.05, 4.69) is 0 Å². The van der Waals surface area contributed by atoms with Crippen molar-refractivity contribution in [1.29, 1.82) is 0 Å². The summed E-state index contributed by atoms with van der Waals surface area (Å²) in [6.07, 6.45) is 2.05. The Morgan fingerprint density at radius 3 is 2.25 bits per heavy atom. The van der Waals surface area contributed by atoms with Gasteiger partial charge in [0.15, 0.2) is 0 Å². The Bertz CT molecular complexity index is 335. The first-order valence-electron chi connectivity index (χ1n) is 5.16. The molecule has 5 heteroatoms. The molecule has 0 aromatic heterocycles. The molecular formula is C11H15ClF2N2. The van der Waals surface area contributed by atoms with Gasteiger partial charge in [-0.2, -0.15) is 0 Å². The van der Waals surface area contributed by atoms with Crippen molar-refractivity contribution in [3.8, 4) is 0 Å². The molecule has 0 radical (unpaired) electrons. The Morgan fingerprint density at radius 2 is 1.75 bits per heavy atom. The van der Waals surface area contributed by atoms with E-state index in [1.807, 2.05) is 0 Å². The fourth-order valence-electron chi connectivity index (χ4n) is 1.56. The number of nitrogens with two attached hydrogens (primary N) is 2. The molecule has 0 aliphatic heterocycles. The van der Waals surface area contributed by atoms with Gasteiger partial charge in [0, 0.05) is 16.6 Å². The summed E-state index contributed by atoms with van der Waals surface area (Å²) in [7, 11) is 0. The van der Waals surface area contributed by atoms with Crippen molar-refractivity contribution < 1.29 is 8.78 Å². The molecule has 0 aliphatic rings. The lowest BCUT2D eigenvalue weighted by molar-refractivity contribution is 0.500. The molecule has 1 aromatic carbocycles. The maximum Gasteiger partial charge on any atom is 0.132 e. The molecule has 16 heavy (non-hydrogen) atoms. The van der Waals surface area contributed by atoms with Crippen LogP contribution in [0.4, 0.5) is 8.78 Å². The number of rotatable bonds is 5. The maximum atomic E-state index is 13.4. The summed E-state index contributed by atoms with van der Waals surface area (Å²) in [5.74, 6) is -1.38. The van der Waals surface area contributed by atoms with Crippen LogP contribution in [0.15, 0.2) is 12.1 Å². The molecule has 1 aromatic rings. The lowest BCUT2D eigenvalue weighted by atomic mass is 10.0. The molecule has 2 nitrogen and oxygen atoms in total. The Balaban J connectivity index is 2.78. The number of halogens is 3. The predicted molar refractivity (Wildman–Crippen MR) is 61.2 cm³/mol. The SMILES string of the molecule is NCCCC[C@H](N)c1c(F)cc(Cl)cc1F. The first kappa shape index (κ1) is 13.4. The van der Waals surface area contributed by atoms with Crippen LogP contribution in [0.3, 0.4) is 0 Å². The minimum atomic E-state index is -0.690. The molecule has 0 aliphatic carbocycles. The Hall–Kier alpha value is -0.710. The molecule has 0 heterocycles. The van der Waals surface area contributed by atoms with Gasteiger partial charge in [-0.15, -0.1) is 0 Å². The molecule has 0 unspecified atom stereocenters. The van der Waals surface area contributed by atoms with Crippen LogP contribution >= 0.6 is 11.6 Å². The van der Waals surface area contributed by atoms with Crippen molar-refractivity contribution in [2.45, 2.75) is 25.3 Å². The molecule has 1 atom stereocenters. The molecule has 0 saturated heterocycles. The maximum absolute atomic E-state index is 13.4. The van der Waals surface area contributed by atoms with Crippen molar-refractivity contribution in [2.75, 3.05) is 6.54 Å². The van der Waals surface area contributed by atoms with Crippen molar-refractivity contribution >= 4 is 11.6 Å². The van der Waals surface area contributed by atoms with E-state index < -0.39 is 17.7 Å². The second-order valence-electron chi connectivity index (χ2n) is 3.67. The summed E-state index contributed by atoms with van der Waals surface area (Å²) in [6, 6.07) is 1.50. The molecule has 1 rings (SSSR count). The van der Waals surface area contributed by atoms with Crippen LogP contribution in [-0.4, -0.2) is 6.54 Å². The third-order valence-corrected chi connectivity index (χ3v) is 2.60. The normalized spacial score (nSPS) is 12.8. The zero-order valence-corrected chi connectivity index (χ0v) is 9.61. The van der Waals surface area contributed by atoms with Crippen LogP contribution in [0.25, 0.3) is 0 Å². The van der Waals surface area contributed by atoms with Crippen LogP contribution in [0.5, 0.6) is 0 Å². The second kappa shape index (κ2) is 6.13. The fourth-order valence-corrected chi connectivity index (χ4v) is 1.75. The first-order chi connectivity index (χ1) is 7.56. The van der Waals surface area contributed by atoms with Gasteiger partial charge >= 0.3 is 0 Å². The van der Waals surface area contributed by atoms with Gasteiger partial charge in [0.25, 0.3) is 0 Å². The third-order valence-electron chi connectivity index (χ3n) is 2.38. The average molecular weight is 249 g/mol. The molecule has 0 bridgehead atoms. The molecule has 4 N–H and O–H groups in total. The monoisotopic (exact) mass is 248 g/mol. The Morgan fingerprint density at radius 1 is 1.19 bits per heavy atom. The smallest absolute Gasteiger partial charge is 0.132 e. The molecular weight excluding hydrogens is 234 g/mol. The van der Waals surface area contributed by atoms with Crippen molar-refractivity contribution in [2.24, 2.45) is 11.5 Å². The number of hydrogen-bond acceptors (Lipinski definition) is 2. The number of hydrogen-bond donors (Lipinski definition) is 2. The topological polar surface area (TPSA) is 52.0 Å². The van der Waals surface area contributed by atoms with E-state index in [4.69, 9.17) is 23.1 Å². The standard InChI is InChI=1S/C11H15ClF2N2/c12-7-5-8(13)11(9(14)6-7)10(16)3-1-2-4-15/h5-6,10H,1-4,15-16H2/t10-/m0/s1.